The molecule has 0 aromatic heterocycles. The molecule has 0 bridgehead atoms. The lowest BCUT2D eigenvalue weighted by atomic mass is 10.2. The van der Waals surface area contributed by atoms with Crippen LogP contribution in [0, 0.1) is 11.6 Å². The van der Waals surface area contributed by atoms with Gasteiger partial charge in [-0.05, 0) is 36.4 Å². The summed E-state index contributed by atoms with van der Waals surface area (Å²) in [5, 5.41) is 2.49. The van der Waals surface area contributed by atoms with Gasteiger partial charge in [-0.15, -0.1) is 0 Å². The normalized spacial score (nSPS) is 10.2. The van der Waals surface area contributed by atoms with E-state index in [2.05, 4.69) is 5.32 Å². The third-order valence-electron chi connectivity index (χ3n) is 2.88. The fraction of sp³-hybridized carbons (Fsp3) is 0.125. The van der Waals surface area contributed by atoms with Gasteiger partial charge in [0.05, 0.1) is 0 Å². The van der Waals surface area contributed by atoms with Crippen LogP contribution in [0.25, 0.3) is 0 Å². The number of anilines is 1. The van der Waals surface area contributed by atoms with Gasteiger partial charge in [-0.2, -0.15) is 0 Å². The second-order valence-corrected chi connectivity index (χ2v) is 4.74. The molecule has 0 saturated heterocycles. The molecule has 23 heavy (non-hydrogen) atoms. The standard InChI is InChI=1S/C16H14F2N2O3/c17-11-2-1-10(14(18)7-11)9-23-13-5-3-12(4-6-13)20-16(22)8-15(19)21/h1-7H,8-9H2,(H2,19,21)(H,20,22). The van der Waals surface area contributed by atoms with Gasteiger partial charge in [0.1, 0.15) is 30.4 Å². The van der Waals surface area contributed by atoms with E-state index in [1.54, 1.807) is 24.3 Å². The first-order valence-corrected chi connectivity index (χ1v) is 6.69. The SMILES string of the molecule is NC(=O)CC(=O)Nc1ccc(OCc2ccc(F)cc2F)cc1. The van der Waals surface area contributed by atoms with E-state index in [0.717, 1.165) is 12.1 Å². The molecular formula is C16H14F2N2O3. The van der Waals surface area contributed by atoms with Crippen LogP contribution in [-0.2, 0) is 16.2 Å². The smallest absolute Gasteiger partial charge is 0.233 e. The molecule has 3 N–H and O–H groups in total. The third-order valence-corrected chi connectivity index (χ3v) is 2.88. The van der Waals surface area contributed by atoms with Crippen molar-refractivity contribution in [3.63, 3.8) is 0 Å². The van der Waals surface area contributed by atoms with Gasteiger partial charge in [-0.3, -0.25) is 9.59 Å². The number of rotatable bonds is 6. The van der Waals surface area contributed by atoms with Crippen molar-refractivity contribution in [2.24, 2.45) is 5.73 Å². The molecule has 0 atom stereocenters. The summed E-state index contributed by atoms with van der Waals surface area (Å²) in [6.07, 6.45) is -0.401. The monoisotopic (exact) mass is 320 g/mol. The van der Waals surface area contributed by atoms with Crippen LogP contribution < -0.4 is 15.8 Å². The van der Waals surface area contributed by atoms with Crippen LogP contribution in [0.5, 0.6) is 5.75 Å². The van der Waals surface area contributed by atoms with Crippen molar-refractivity contribution in [3.05, 3.63) is 59.7 Å². The minimum absolute atomic E-state index is 0.0561. The molecule has 0 aliphatic rings. The molecule has 0 saturated carbocycles. The number of nitrogens with two attached hydrogens (primary N) is 1. The fourth-order valence-corrected chi connectivity index (χ4v) is 1.80. The van der Waals surface area contributed by atoms with Crippen LogP contribution in [0.1, 0.15) is 12.0 Å². The number of benzene rings is 2. The molecule has 120 valence electrons. The maximum atomic E-state index is 13.5. The van der Waals surface area contributed by atoms with Gasteiger partial charge in [0, 0.05) is 17.3 Å². The lowest BCUT2D eigenvalue weighted by Crippen LogP contribution is -2.21. The Bertz CT molecular complexity index is 718. The van der Waals surface area contributed by atoms with Crippen molar-refractivity contribution in [2.75, 3.05) is 5.32 Å². The Morgan fingerprint density at radius 2 is 1.78 bits per heavy atom. The number of ether oxygens (including phenoxy) is 1. The van der Waals surface area contributed by atoms with Crippen molar-refractivity contribution >= 4 is 17.5 Å². The van der Waals surface area contributed by atoms with Crippen molar-refractivity contribution < 1.29 is 23.1 Å². The highest BCUT2D eigenvalue weighted by Gasteiger charge is 2.07. The highest BCUT2D eigenvalue weighted by Crippen LogP contribution is 2.18. The molecule has 0 aliphatic heterocycles. The van der Waals surface area contributed by atoms with Crippen LogP contribution in [0.3, 0.4) is 0 Å². The van der Waals surface area contributed by atoms with Gasteiger partial charge in [-0.25, -0.2) is 8.78 Å². The molecule has 7 heteroatoms. The van der Waals surface area contributed by atoms with E-state index >= 15 is 0 Å². The topological polar surface area (TPSA) is 81.4 Å². The largest absolute Gasteiger partial charge is 0.489 e. The van der Waals surface area contributed by atoms with E-state index in [1.165, 1.54) is 6.07 Å². The Hall–Kier alpha value is -2.96. The number of hydrogen-bond donors (Lipinski definition) is 2. The zero-order valence-electron chi connectivity index (χ0n) is 12.0. The van der Waals surface area contributed by atoms with E-state index in [0.29, 0.717) is 11.4 Å². The molecule has 0 radical (unpaired) electrons. The molecule has 0 spiro atoms. The second-order valence-electron chi connectivity index (χ2n) is 4.74. The number of amides is 2. The summed E-state index contributed by atoms with van der Waals surface area (Å²) in [6.45, 7) is -0.0561. The number of primary amides is 1. The highest BCUT2D eigenvalue weighted by molar-refractivity contribution is 6.03. The number of halogens is 2. The summed E-state index contributed by atoms with van der Waals surface area (Å²) >= 11 is 0. The predicted octanol–water partition coefficient (Wildman–Crippen LogP) is 2.36. The van der Waals surface area contributed by atoms with Gasteiger partial charge in [0.25, 0.3) is 0 Å². The predicted molar refractivity (Wildman–Crippen MR) is 79.6 cm³/mol. The van der Waals surface area contributed by atoms with E-state index in [-0.39, 0.29) is 12.2 Å². The lowest BCUT2D eigenvalue weighted by molar-refractivity contribution is -0.124. The summed E-state index contributed by atoms with van der Waals surface area (Å²) in [4.78, 5) is 22.0. The Labute approximate surface area is 131 Å². The van der Waals surface area contributed by atoms with Crippen LogP contribution in [0.2, 0.25) is 0 Å². The minimum Gasteiger partial charge on any atom is -0.489 e. The van der Waals surface area contributed by atoms with E-state index < -0.39 is 29.9 Å². The third kappa shape index (κ3) is 5.06. The molecule has 5 nitrogen and oxygen atoms in total. The van der Waals surface area contributed by atoms with Gasteiger partial charge < -0.3 is 15.8 Å². The highest BCUT2D eigenvalue weighted by atomic mass is 19.1. The first-order chi connectivity index (χ1) is 10.9. The number of nitrogens with one attached hydrogen (secondary N) is 1. The molecule has 0 aliphatic carbocycles. The van der Waals surface area contributed by atoms with Gasteiger partial charge in [-0.1, -0.05) is 0 Å². The zero-order chi connectivity index (χ0) is 16.8. The van der Waals surface area contributed by atoms with Crippen LogP contribution in [0.15, 0.2) is 42.5 Å². The average Bonchev–Trinajstić information content (AvgIpc) is 2.47. The summed E-state index contributed by atoms with van der Waals surface area (Å²) in [5.41, 5.74) is 5.61. The van der Waals surface area contributed by atoms with Crippen molar-refractivity contribution in [3.8, 4) is 5.75 Å². The Kier molecular flexibility index (Phi) is 5.24. The van der Waals surface area contributed by atoms with Crippen LogP contribution in [-0.4, -0.2) is 11.8 Å². The summed E-state index contributed by atoms with van der Waals surface area (Å²) in [7, 11) is 0. The minimum atomic E-state index is -0.719. The van der Waals surface area contributed by atoms with E-state index in [4.69, 9.17) is 10.5 Å². The molecule has 2 aromatic rings. The molecular weight excluding hydrogens is 306 g/mol. The zero-order valence-corrected chi connectivity index (χ0v) is 12.0. The Balaban J connectivity index is 1.92. The summed E-state index contributed by atoms with van der Waals surface area (Å²) < 4.78 is 31.6. The number of carbonyl (C=O) groups is 2. The van der Waals surface area contributed by atoms with Crippen molar-refractivity contribution in [1.82, 2.24) is 0 Å². The Morgan fingerprint density at radius 3 is 2.39 bits per heavy atom. The second kappa shape index (κ2) is 7.35. The molecule has 0 heterocycles. The lowest BCUT2D eigenvalue weighted by Gasteiger charge is -2.09. The van der Waals surface area contributed by atoms with Crippen LogP contribution in [0.4, 0.5) is 14.5 Å². The maximum absolute atomic E-state index is 13.5. The van der Waals surface area contributed by atoms with Gasteiger partial charge in [0.15, 0.2) is 0 Å². The Morgan fingerprint density at radius 1 is 1.09 bits per heavy atom. The van der Waals surface area contributed by atoms with Gasteiger partial charge in [0.2, 0.25) is 11.8 Å². The average molecular weight is 320 g/mol. The number of carbonyl (C=O) groups excluding carboxylic acids is 2. The molecule has 2 rings (SSSR count). The molecule has 0 fully saturated rings. The van der Waals surface area contributed by atoms with E-state index in [1.807, 2.05) is 0 Å². The summed E-state index contributed by atoms with van der Waals surface area (Å²) in [5.74, 6) is -2.12. The molecule has 2 aromatic carbocycles. The number of hydrogen-bond acceptors (Lipinski definition) is 3. The first kappa shape index (κ1) is 16.4. The van der Waals surface area contributed by atoms with Crippen molar-refractivity contribution in [1.29, 1.82) is 0 Å². The van der Waals surface area contributed by atoms with Gasteiger partial charge >= 0.3 is 0 Å². The van der Waals surface area contributed by atoms with E-state index in [9.17, 15) is 18.4 Å². The van der Waals surface area contributed by atoms with Crippen LogP contribution >= 0.6 is 0 Å². The summed E-state index contributed by atoms with van der Waals surface area (Å²) in [6, 6.07) is 9.52. The van der Waals surface area contributed by atoms with Crippen molar-refractivity contribution in [2.45, 2.75) is 13.0 Å². The first-order valence-electron chi connectivity index (χ1n) is 6.69. The fourth-order valence-electron chi connectivity index (χ4n) is 1.80. The molecule has 0 unspecified atom stereocenters. The quantitative estimate of drug-likeness (QED) is 0.802. The maximum Gasteiger partial charge on any atom is 0.233 e. The molecule has 2 amide bonds.